The summed E-state index contributed by atoms with van der Waals surface area (Å²) in [5.41, 5.74) is 1.93. The first kappa shape index (κ1) is 19.9. The molecule has 1 amide bonds. The number of hydrogen-bond donors (Lipinski definition) is 0. The van der Waals surface area contributed by atoms with Gasteiger partial charge in [0.1, 0.15) is 10.7 Å². The number of carbonyl (C=O) groups is 1. The van der Waals surface area contributed by atoms with Crippen LogP contribution in [0.5, 0.6) is 0 Å². The maximum atomic E-state index is 13.2. The van der Waals surface area contributed by atoms with Crippen LogP contribution in [0.3, 0.4) is 0 Å². The number of fused-ring (bicyclic) bond motifs is 1. The van der Waals surface area contributed by atoms with Crippen molar-refractivity contribution in [2.24, 2.45) is 0 Å². The Balaban J connectivity index is 1.64. The number of aromatic nitrogens is 2. The number of piperidine rings is 1. The fraction of sp³-hybridized carbons (Fsp3) is 0.375. The Labute approximate surface area is 176 Å². The van der Waals surface area contributed by atoms with Gasteiger partial charge in [-0.2, -0.15) is 0 Å². The average Bonchev–Trinajstić information content (AvgIpc) is 2.74. The zero-order valence-electron chi connectivity index (χ0n) is 17.2. The first-order valence-corrected chi connectivity index (χ1v) is 11.2. The number of rotatable bonds is 4. The molecule has 2 heterocycles. The molecule has 5 heteroatoms. The van der Waals surface area contributed by atoms with Gasteiger partial charge in [-0.15, -0.1) is 10.2 Å². The van der Waals surface area contributed by atoms with Crippen LogP contribution in [0.4, 0.5) is 0 Å². The Morgan fingerprint density at radius 3 is 2.28 bits per heavy atom. The van der Waals surface area contributed by atoms with Crippen LogP contribution in [0.1, 0.15) is 40.0 Å². The SMILES string of the molecule is C[C@@H]1CCC[C@@H](C)N1C(=O)[C@@H](C)Sc1nnc(-c2ccccc2)c2ccccc12. The highest BCUT2D eigenvalue weighted by Crippen LogP contribution is 2.34. The van der Waals surface area contributed by atoms with Gasteiger partial charge in [0, 0.05) is 28.4 Å². The van der Waals surface area contributed by atoms with Gasteiger partial charge in [0.05, 0.1) is 5.25 Å². The minimum absolute atomic E-state index is 0.196. The molecule has 0 spiro atoms. The van der Waals surface area contributed by atoms with E-state index in [9.17, 15) is 4.79 Å². The van der Waals surface area contributed by atoms with Crippen molar-refractivity contribution in [3.63, 3.8) is 0 Å². The van der Waals surface area contributed by atoms with Crippen molar-refractivity contribution in [3.8, 4) is 11.3 Å². The number of nitrogens with zero attached hydrogens (tertiary/aromatic N) is 3. The minimum atomic E-state index is -0.196. The molecule has 0 aliphatic carbocycles. The maximum absolute atomic E-state index is 13.2. The van der Waals surface area contributed by atoms with E-state index in [0.717, 1.165) is 39.9 Å². The molecule has 4 rings (SSSR count). The Kier molecular flexibility index (Phi) is 5.86. The fourth-order valence-corrected chi connectivity index (χ4v) is 5.21. The zero-order valence-corrected chi connectivity index (χ0v) is 18.0. The molecule has 2 aromatic carbocycles. The molecular formula is C24H27N3OS. The summed E-state index contributed by atoms with van der Waals surface area (Å²) in [5.74, 6) is 0.202. The first-order chi connectivity index (χ1) is 14.1. The smallest absolute Gasteiger partial charge is 0.236 e. The molecule has 1 aromatic heterocycles. The van der Waals surface area contributed by atoms with E-state index in [1.807, 2.05) is 37.3 Å². The third-order valence-corrected chi connectivity index (χ3v) is 6.86. The van der Waals surface area contributed by atoms with Crippen molar-refractivity contribution >= 4 is 28.4 Å². The first-order valence-electron chi connectivity index (χ1n) is 10.4. The number of benzene rings is 2. The minimum Gasteiger partial charge on any atom is -0.336 e. The number of amides is 1. The monoisotopic (exact) mass is 405 g/mol. The van der Waals surface area contributed by atoms with E-state index in [0.29, 0.717) is 12.1 Å². The molecule has 3 atom stereocenters. The van der Waals surface area contributed by atoms with E-state index in [-0.39, 0.29) is 11.2 Å². The van der Waals surface area contributed by atoms with Crippen molar-refractivity contribution < 1.29 is 4.79 Å². The molecule has 1 fully saturated rings. The average molecular weight is 406 g/mol. The Morgan fingerprint density at radius 2 is 1.59 bits per heavy atom. The van der Waals surface area contributed by atoms with Crippen LogP contribution < -0.4 is 0 Å². The van der Waals surface area contributed by atoms with E-state index >= 15 is 0 Å². The lowest BCUT2D eigenvalue weighted by molar-refractivity contribution is -0.136. The summed E-state index contributed by atoms with van der Waals surface area (Å²) in [6.07, 6.45) is 3.37. The normalized spacial score (nSPS) is 20.6. The number of likely N-dealkylation sites (tertiary alicyclic amines) is 1. The Bertz CT molecular complexity index is 997. The third-order valence-electron chi connectivity index (χ3n) is 5.78. The molecule has 1 saturated heterocycles. The number of thioether (sulfide) groups is 1. The van der Waals surface area contributed by atoms with Crippen LogP contribution in [0.25, 0.3) is 22.0 Å². The van der Waals surface area contributed by atoms with Crippen LogP contribution in [-0.2, 0) is 4.79 Å². The number of carbonyl (C=O) groups excluding carboxylic acids is 1. The van der Waals surface area contributed by atoms with Gasteiger partial charge in [0.2, 0.25) is 5.91 Å². The highest BCUT2D eigenvalue weighted by atomic mass is 32.2. The van der Waals surface area contributed by atoms with E-state index < -0.39 is 0 Å². The van der Waals surface area contributed by atoms with Gasteiger partial charge in [-0.05, 0) is 40.0 Å². The molecule has 4 nitrogen and oxygen atoms in total. The van der Waals surface area contributed by atoms with Gasteiger partial charge in [0.25, 0.3) is 0 Å². The maximum Gasteiger partial charge on any atom is 0.236 e. The Hall–Kier alpha value is -2.40. The summed E-state index contributed by atoms with van der Waals surface area (Å²) in [7, 11) is 0. The van der Waals surface area contributed by atoms with Crippen LogP contribution >= 0.6 is 11.8 Å². The fourth-order valence-electron chi connectivity index (χ4n) is 4.26. The lowest BCUT2D eigenvalue weighted by Crippen LogP contribution is -2.50. The second kappa shape index (κ2) is 8.54. The molecule has 0 bridgehead atoms. The summed E-state index contributed by atoms with van der Waals surface area (Å²) in [6, 6.07) is 18.9. The van der Waals surface area contributed by atoms with Crippen molar-refractivity contribution in [2.45, 2.75) is 62.4 Å². The van der Waals surface area contributed by atoms with Crippen LogP contribution in [0.2, 0.25) is 0 Å². The van der Waals surface area contributed by atoms with Gasteiger partial charge >= 0.3 is 0 Å². The van der Waals surface area contributed by atoms with E-state index in [1.54, 1.807) is 0 Å². The molecule has 0 unspecified atom stereocenters. The molecule has 0 radical (unpaired) electrons. The molecule has 0 saturated carbocycles. The van der Waals surface area contributed by atoms with Gasteiger partial charge in [-0.3, -0.25) is 4.79 Å². The van der Waals surface area contributed by atoms with Gasteiger partial charge in [-0.25, -0.2) is 0 Å². The molecule has 3 aromatic rings. The van der Waals surface area contributed by atoms with Crippen molar-refractivity contribution in [2.75, 3.05) is 0 Å². The van der Waals surface area contributed by atoms with Crippen LogP contribution in [-0.4, -0.2) is 38.3 Å². The van der Waals surface area contributed by atoms with Gasteiger partial charge in [-0.1, -0.05) is 66.4 Å². The molecule has 150 valence electrons. The quantitative estimate of drug-likeness (QED) is 0.533. The summed E-state index contributed by atoms with van der Waals surface area (Å²) in [6.45, 7) is 6.31. The predicted octanol–water partition coefficient (Wildman–Crippen LogP) is 5.57. The largest absolute Gasteiger partial charge is 0.336 e. The molecule has 1 aliphatic heterocycles. The molecule has 29 heavy (non-hydrogen) atoms. The molecular weight excluding hydrogens is 378 g/mol. The van der Waals surface area contributed by atoms with E-state index in [1.165, 1.54) is 18.2 Å². The van der Waals surface area contributed by atoms with E-state index in [4.69, 9.17) is 0 Å². The topological polar surface area (TPSA) is 46.1 Å². The number of hydrogen-bond acceptors (Lipinski definition) is 4. The van der Waals surface area contributed by atoms with Crippen LogP contribution in [0, 0.1) is 0 Å². The summed E-state index contributed by atoms with van der Waals surface area (Å²) < 4.78 is 0. The van der Waals surface area contributed by atoms with Gasteiger partial charge < -0.3 is 4.90 Å². The van der Waals surface area contributed by atoms with Crippen LogP contribution in [0.15, 0.2) is 59.6 Å². The summed E-state index contributed by atoms with van der Waals surface area (Å²) in [5, 5.41) is 11.8. The molecule has 0 N–H and O–H groups in total. The second-order valence-electron chi connectivity index (χ2n) is 7.90. The lowest BCUT2D eigenvalue weighted by Gasteiger charge is -2.40. The lowest BCUT2D eigenvalue weighted by atomic mass is 9.97. The molecule has 1 aliphatic rings. The van der Waals surface area contributed by atoms with Gasteiger partial charge in [0.15, 0.2) is 0 Å². The highest BCUT2D eigenvalue weighted by molar-refractivity contribution is 8.00. The standard InChI is InChI=1S/C24H27N3OS/c1-16-10-9-11-17(2)27(16)24(28)18(3)29-23-21-15-8-7-14-20(21)22(25-26-23)19-12-5-4-6-13-19/h4-8,12-18H,9-11H2,1-3H3/t16-,17-,18-/m1/s1. The predicted molar refractivity (Wildman–Crippen MR) is 120 cm³/mol. The van der Waals surface area contributed by atoms with Crippen molar-refractivity contribution in [3.05, 3.63) is 54.6 Å². The summed E-state index contributed by atoms with van der Waals surface area (Å²) >= 11 is 1.52. The van der Waals surface area contributed by atoms with Crippen molar-refractivity contribution in [1.82, 2.24) is 15.1 Å². The third kappa shape index (κ3) is 4.01. The second-order valence-corrected chi connectivity index (χ2v) is 9.23. The van der Waals surface area contributed by atoms with Crippen molar-refractivity contribution in [1.29, 1.82) is 0 Å². The summed E-state index contributed by atoms with van der Waals surface area (Å²) in [4.78, 5) is 15.3. The Morgan fingerprint density at radius 1 is 0.966 bits per heavy atom. The highest BCUT2D eigenvalue weighted by Gasteiger charge is 2.32. The van der Waals surface area contributed by atoms with E-state index in [2.05, 4.69) is 53.2 Å². The zero-order chi connectivity index (χ0) is 20.4.